The topological polar surface area (TPSA) is 51.0 Å². The predicted octanol–water partition coefficient (Wildman–Crippen LogP) is 2.31. The van der Waals surface area contributed by atoms with Crippen LogP contribution in [0.2, 0.25) is 0 Å². The molecule has 2 rings (SSSR count). The quantitative estimate of drug-likeness (QED) is 0.669. The van der Waals surface area contributed by atoms with Crippen LogP contribution >= 0.6 is 0 Å². The van der Waals surface area contributed by atoms with Gasteiger partial charge in [0.15, 0.2) is 17.5 Å². The summed E-state index contributed by atoms with van der Waals surface area (Å²) in [4.78, 5) is 3.99. The van der Waals surface area contributed by atoms with Gasteiger partial charge in [0.05, 0.1) is 0 Å². The maximum atomic E-state index is 13.1. The van der Waals surface area contributed by atoms with Crippen LogP contribution in [-0.4, -0.2) is 23.2 Å². The van der Waals surface area contributed by atoms with Gasteiger partial charge in [-0.25, -0.2) is 13.2 Å². The summed E-state index contributed by atoms with van der Waals surface area (Å²) in [6.07, 6.45) is 0.507. The molecule has 0 aliphatic heterocycles. The number of rotatable bonds is 5. The normalized spacial score (nSPS) is 10.9. The van der Waals surface area contributed by atoms with Crippen molar-refractivity contribution in [2.75, 3.05) is 13.1 Å². The van der Waals surface area contributed by atoms with Crippen molar-refractivity contribution in [3.05, 3.63) is 35.5 Å². The minimum absolute atomic E-state index is 0.0318. The zero-order valence-electron chi connectivity index (χ0n) is 10.2. The number of nitrogens with one attached hydrogen (secondary N) is 1. The second-order valence-electron chi connectivity index (χ2n) is 3.87. The fourth-order valence-corrected chi connectivity index (χ4v) is 1.53. The van der Waals surface area contributed by atoms with Gasteiger partial charge in [-0.15, -0.1) is 0 Å². The average molecular weight is 271 g/mol. The third-order valence-corrected chi connectivity index (χ3v) is 2.48. The number of hydrogen-bond acceptors (Lipinski definition) is 4. The largest absolute Gasteiger partial charge is 0.339 e. The SMILES string of the molecule is CCNCCc1nc(-c2cc(F)c(F)c(F)c2)no1. The molecular formula is C12H12F3N3O. The molecule has 1 aromatic carbocycles. The minimum atomic E-state index is -1.51. The van der Waals surface area contributed by atoms with Gasteiger partial charge in [-0.05, 0) is 18.7 Å². The average Bonchev–Trinajstić information content (AvgIpc) is 2.84. The monoisotopic (exact) mass is 271 g/mol. The van der Waals surface area contributed by atoms with E-state index in [9.17, 15) is 13.2 Å². The van der Waals surface area contributed by atoms with Crippen LogP contribution in [0.15, 0.2) is 16.7 Å². The van der Waals surface area contributed by atoms with Gasteiger partial charge in [-0.2, -0.15) is 4.98 Å². The lowest BCUT2D eigenvalue weighted by molar-refractivity contribution is 0.376. The van der Waals surface area contributed by atoms with E-state index in [1.807, 2.05) is 6.92 Å². The molecule has 0 bridgehead atoms. The first-order chi connectivity index (χ1) is 9.11. The zero-order chi connectivity index (χ0) is 13.8. The van der Waals surface area contributed by atoms with E-state index >= 15 is 0 Å². The standard InChI is InChI=1S/C12H12F3N3O/c1-2-16-4-3-10-17-12(18-19-10)7-5-8(13)11(15)9(14)6-7/h5-6,16H,2-4H2,1H3. The molecule has 0 aliphatic rings. The van der Waals surface area contributed by atoms with Crippen LogP contribution in [-0.2, 0) is 6.42 Å². The van der Waals surface area contributed by atoms with Crippen LogP contribution in [0.25, 0.3) is 11.4 Å². The molecule has 1 aromatic heterocycles. The first-order valence-corrected chi connectivity index (χ1v) is 5.80. The minimum Gasteiger partial charge on any atom is -0.339 e. The number of likely N-dealkylation sites (N-methyl/N-ethyl adjacent to an activating group) is 1. The van der Waals surface area contributed by atoms with Crippen molar-refractivity contribution in [2.24, 2.45) is 0 Å². The molecular weight excluding hydrogens is 259 g/mol. The van der Waals surface area contributed by atoms with Gasteiger partial charge in [0.1, 0.15) is 0 Å². The molecule has 0 saturated carbocycles. The molecule has 0 unspecified atom stereocenters. The summed E-state index contributed by atoms with van der Waals surface area (Å²) in [6, 6.07) is 1.66. The van der Waals surface area contributed by atoms with Gasteiger partial charge >= 0.3 is 0 Å². The van der Waals surface area contributed by atoms with Crippen LogP contribution in [0.3, 0.4) is 0 Å². The van der Waals surface area contributed by atoms with Crippen molar-refractivity contribution in [1.82, 2.24) is 15.5 Å². The van der Waals surface area contributed by atoms with E-state index in [1.54, 1.807) is 0 Å². The summed E-state index contributed by atoms with van der Waals surface area (Å²) in [7, 11) is 0. The van der Waals surface area contributed by atoms with E-state index in [2.05, 4.69) is 15.5 Å². The van der Waals surface area contributed by atoms with Crippen LogP contribution in [0.4, 0.5) is 13.2 Å². The molecule has 0 radical (unpaired) electrons. The Morgan fingerprint density at radius 1 is 1.21 bits per heavy atom. The third kappa shape index (κ3) is 3.11. The Kier molecular flexibility index (Phi) is 4.16. The van der Waals surface area contributed by atoms with E-state index in [-0.39, 0.29) is 11.4 Å². The summed E-state index contributed by atoms with van der Waals surface area (Å²) in [6.45, 7) is 3.43. The summed E-state index contributed by atoms with van der Waals surface area (Å²) >= 11 is 0. The molecule has 102 valence electrons. The van der Waals surface area contributed by atoms with Crippen LogP contribution in [0.5, 0.6) is 0 Å². The Hall–Kier alpha value is -1.89. The van der Waals surface area contributed by atoms with Crippen LogP contribution in [0.1, 0.15) is 12.8 Å². The van der Waals surface area contributed by atoms with Crippen molar-refractivity contribution in [3.63, 3.8) is 0 Å². The molecule has 1 N–H and O–H groups in total. The molecule has 0 spiro atoms. The summed E-state index contributed by atoms with van der Waals surface area (Å²) < 4.78 is 43.9. The highest BCUT2D eigenvalue weighted by Gasteiger charge is 2.15. The Morgan fingerprint density at radius 2 is 1.89 bits per heavy atom. The number of nitrogens with zero attached hydrogens (tertiary/aromatic N) is 2. The van der Waals surface area contributed by atoms with E-state index in [0.717, 1.165) is 18.7 Å². The zero-order valence-corrected chi connectivity index (χ0v) is 10.2. The lowest BCUT2D eigenvalue weighted by Gasteiger charge is -1.98. The smallest absolute Gasteiger partial charge is 0.228 e. The molecule has 0 fully saturated rings. The predicted molar refractivity (Wildman–Crippen MR) is 61.9 cm³/mol. The molecule has 2 aromatic rings. The van der Waals surface area contributed by atoms with Gasteiger partial charge in [-0.3, -0.25) is 0 Å². The number of benzene rings is 1. The molecule has 0 amide bonds. The molecule has 0 atom stereocenters. The van der Waals surface area contributed by atoms with E-state index in [4.69, 9.17) is 4.52 Å². The number of halogens is 3. The molecule has 1 heterocycles. The van der Waals surface area contributed by atoms with Gasteiger partial charge < -0.3 is 9.84 Å². The summed E-state index contributed by atoms with van der Waals surface area (Å²) in [5, 5.41) is 6.68. The molecule has 4 nitrogen and oxygen atoms in total. The number of hydrogen-bond donors (Lipinski definition) is 1. The first-order valence-electron chi connectivity index (χ1n) is 5.80. The Bertz CT molecular complexity index is 548. The highest BCUT2D eigenvalue weighted by Crippen LogP contribution is 2.21. The van der Waals surface area contributed by atoms with E-state index in [0.29, 0.717) is 18.9 Å². The summed E-state index contributed by atoms with van der Waals surface area (Å²) in [5.41, 5.74) is 0.0369. The molecule has 0 aliphatic carbocycles. The van der Waals surface area contributed by atoms with Crippen LogP contribution < -0.4 is 5.32 Å². The van der Waals surface area contributed by atoms with Crippen molar-refractivity contribution < 1.29 is 17.7 Å². The van der Waals surface area contributed by atoms with Gasteiger partial charge in [0.2, 0.25) is 11.7 Å². The van der Waals surface area contributed by atoms with Crippen molar-refractivity contribution in [1.29, 1.82) is 0 Å². The van der Waals surface area contributed by atoms with Gasteiger partial charge in [0, 0.05) is 18.5 Å². The van der Waals surface area contributed by atoms with Crippen molar-refractivity contribution in [2.45, 2.75) is 13.3 Å². The van der Waals surface area contributed by atoms with Crippen molar-refractivity contribution >= 4 is 0 Å². The maximum Gasteiger partial charge on any atom is 0.228 e. The number of aromatic nitrogens is 2. The van der Waals surface area contributed by atoms with Gasteiger partial charge in [0.25, 0.3) is 0 Å². The van der Waals surface area contributed by atoms with Crippen LogP contribution in [0, 0.1) is 17.5 Å². The lowest BCUT2D eigenvalue weighted by Crippen LogP contribution is -2.16. The maximum absolute atomic E-state index is 13.1. The Labute approximate surface area is 107 Å². The molecule has 0 saturated heterocycles. The molecule has 19 heavy (non-hydrogen) atoms. The second kappa shape index (κ2) is 5.83. The fourth-order valence-electron chi connectivity index (χ4n) is 1.53. The summed E-state index contributed by atoms with van der Waals surface area (Å²) in [5.74, 6) is -3.70. The second-order valence-corrected chi connectivity index (χ2v) is 3.87. The van der Waals surface area contributed by atoms with E-state index < -0.39 is 17.5 Å². The van der Waals surface area contributed by atoms with Gasteiger partial charge in [-0.1, -0.05) is 12.1 Å². The highest BCUT2D eigenvalue weighted by molar-refractivity contribution is 5.54. The first kappa shape index (κ1) is 13.5. The highest BCUT2D eigenvalue weighted by atomic mass is 19.2. The Morgan fingerprint density at radius 3 is 2.53 bits per heavy atom. The molecule has 7 heteroatoms. The lowest BCUT2D eigenvalue weighted by atomic mass is 10.2. The van der Waals surface area contributed by atoms with Crippen molar-refractivity contribution in [3.8, 4) is 11.4 Å². The third-order valence-electron chi connectivity index (χ3n) is 2.48. The Balaban J connectivity index is 2.18. The fraction of sp³-hybridized carbons (Fsp3) is 0.333. The van der Waals surface area contributed by atoms with E-state index in [1.165, 1.54) is 0 Å².